The molecule has 4 heterocycles. The average molecular weight is 791 g/mol. The predicted octanol–water partition coefficient (Wildman–Crippen LogP) is 14.8. The Hall–Kier alpha value is -7.32. The number of aromatic nitrogens is 4. The van der Waals surface area contributed by atoms with Gasteiger partial charge in [0.2, 0.25) is 5.89 Å². The van der Waals surface area contributed by atoms with E-state index < -0.39 is 0 Å². The topological polar surface area (TPSA) is 64.7 Å². The lowest BCUT2D eigenvalue weighted by Gasteiger charge is -2.10. The number of nitrogens with zero attached hydrogens (tertiary/aromatic N) is 4. The number of thiophene rings is 2. The number of oxazole rings is 1. The van der Waals surface area contributed by atoms with Crippen molar-refractivity contribution in [1.82, 2.24) is 19.9 Å². The molecule has 0 spiro atoms. The maximum Gasteiger partial charge on any atom is 0.227 e. The van der Waals surface area contributed by atoms with Gasteiger partial charge in [0.15, 0.2) is 23.1 Å². The zero-order valence-electron chi connectivity index (χ0n) is 31.3. The van der Waals surface area contributed by atoms with Crippen molar-refractivity contribution in [3.8, 4) is 67.9 Å². The number of hydrogen-bond acceptors (Lipinski definition) is 7. The highest BCUT2D eigenvalue weighted by Gasteiger charge is 2.18. The van der Waals surface area contributed by atoms with Crippen LogP contribution in [0.1, 0.15) is 0 Å². The third-order valence-electron chi connectivity index (χ3n) is 11.0. The van der Waals surface area contributed by atoms with Crippen LogP contribution in [0.25, 0.3) is 119 Å². The van der Waals surface area contributed by atoms with Crippen LogP contribution >= 0.6 is 22.7 Å². The minimum atomic E-state index is 0.625. The fourth-order valence-corrected chi connectivity index (χ4v) is 10.6. The van der Waals surface area contributed by atoms with Gasteiger partial charge < -0.3 is 4.42 Å². The Balaban J connectivity index is 0.953. The first-order valence-electron chi connectivity index (χ1n) is 19.4. The SMILES string of the molecule is c1ccc(-c2nc(-c3cccc(-c4cccc5c4sc4ccc(-c6cccc(-c7nc8ccccc8o7)c6)cc45)c3)nc(-c3cccc4c3sc3ccccc34)n2)cc1. The zero-order chi connectivity index (χ0) is 38.9. The van der Waals surface area contributed by atoms with Crippen molar-refractivity contribution in [2.45, 2.75) is 0 Å². The Morgan fingerprint density at radius 2 is 0.915 bits per heavy atom. The molecule has 0 atom stereocenters. The third-order valence-corrected chi connectivity index (χ3v) is 13.4. The fraction of sp³-hybridized carbons (Fsp3) is 0. The van der Waals surface area contributed by atoms with Gasteiger partial charge in [-0.3, -0.25) is 0 Å². The van der Waals surface area contributed by atoms with Gasteiger partial charge in [-0.2, -0.15) is 0 Å². The summed E-state index contributed by atoms with van der Waals surface area (Å²) in [5.74, 6) is 2.58. The summed E-state index contributed by atoms with van der Waals surface area (Å²) in [5.41, 5.74) is 10.0. The van der Waals surface area contributed by atoms with Crippen LogP contribution < -0.4 is 0 Å². The molecule has 0 radical (unpaired) electrons. The number of para-hydroxylation sites is 2. The molecule has 7 heteroatoms. The maximum atomic E-state index is 6.11. The van der Waals surface area contributed by atoms with E-state index >= 15 is 0 Å². The number of rotatable bonds is 6. The molecule has 0 unspecified atom stereocenters. The highest BCUT2D eigenvalue weighted by molar-refractivity contribution is 7.26. The molecule has 12 rings (SSSR count). The summed E-state index contributed by atoms with van der Waals surface area (Å²) >= 11 is 3.61. The Morgan fingerprint density at radius 3 is 1.78 bits per heavy atom. The van der Waals surface area contributed by atoms with Crippen LogP contribution in [0.2, 0.25) is 0 Å². The lowest BCUT2D eigenvalue weighted by Crippen LogP contribution is -2.00. The highest BCUT2D eigenvalue weighted by atomic mass is 32.1. The van der Waals surface area contributed by atoms with E-state index in [-0.39, 0.29) is 0 Å². The largest absolute Gasteiger partial charge is 0.436 e. The quantitative estimate of drug-likeness (QED) is 0.168. The molecule has 5 nitrogen and oxygen atoms in total. The Kier molecular flexibility index (Phi) is 7.82. The van der Waals surface area contributed by atoms with Crippen LogP contribution in [-0.2, 0) is 0 Å². The molecule has 0 N–H and O–H groups in total. The van der Waals surface area contributed by atoms with E-state index in [1.54, 1.807) is 11.3 Å². The smallest absolute Gasteiger partial charge is 0.227 e. The molecule has 0 amide bonds. The van der Waals surface area contributed by atoms with E-state index in [4.69, 9.17) is 24.4 Å². The van der Waals surface area contributed by atoms with Gasteiger partial charge >= 0.3 is 0 Å². The molecule has 0 saturated carbocycles. The van der Waals surface area contributed by atoms with Gasteiger partial charge in [-0.1, -0.05) is 127 Å². The van der Waals surface area contributed by atoms with Crippen LogP contribution in [0.4, 0.5) is 0 Å². The molecule has 8 aromatic carbocycles. The summed E-state index contributed by atoms with van der Waals surface area (Å²) in [6, 6.07) is 63.5. The molecule has 4 aromatic heterocycles. The van der Waals surface area contributed by atoms with Crippen LogP contribution in [0, 0.1) is 0 Å². The van der Waals surface area contributed by atoms with Crippen molar-refractivity contribution >= 4 is 74.1 Å². The minimum absolute atomic E-state index is 0.625. The van der Waals surface area contributed by atoms with Gasteiger partial charge in [-0.05, 0) is 76.9 Å². The second kappa shape index (κ2) is 13.7. The standard InChI is InChI=1S/C52H30N4OS2/c1-2-12-31(13-3-1)49-54-50(56-51(55-49)41-22-11-20-39-38-18-4-7-25-45(38)58-48(39)41)35-16-9-15-34(29-35)37-19-10-21-40-42-30-33(26-27-46(42)59-47(37)40)32-14-8-17-36(28-32)52-53-43-23-5-6-24-44(43)57-52/h1-30H. The summed E-state index contributed by atoms with van der Waals surface area (Å²) in [5, 5.41) is 4.93. The van der Waals surface area contributed by atoms with Crippen LogP contribution in [0.15, 0.2) is 186 Å². The van der Waals surface area contributed by atoms with E-state index in [0.717, 1.165) is 50.0 Å². The molecule has 59 heavy (non-hydrogen) atoms. The van der Waals surface area contributed by atoms with Crippen molar-refractivity contribution < 1.29 is 4.42 Å². The fourth-order valence-electron chi connectivity index (χ4n) is 8.12. The molecule has 276 valence electrons. The lowest BCUT2D eigenvalue weighted by molar-refractivity contribution is 0.620. The second-order valence-electron chi connectivity index (χ2n) is 14.6. The zero-order valence-corrected chi connectivity index (χ0v) is 33.0. The molecule has 12 aromatic rings. The summed E-state index contributed by atoms with van der Waals surface area (Å²) in [7, 11) is 0. The van der Waals surface area contributed by atoms with Gasteiger partial charge in [0.05, 0.1) is 0 Å². The van der Waals surface area contributed by atoms with Gasteiger partial charge in [-0.25, -0.2) is 19.9 Å². The Morgan fingerprint density at radius 1 is 0.339 bits per heavy atom. The first kappa shape index (κ1) is 33.8. The van der Waals surface area contributed by atoms with Crippen molar-refractivity contribution in [2.24, 2.45) is 0 Å². The Labute approximate surface area is 346 Å². The molecular weight excluding hydrogens is 761 g/mol. The summed E-state index contributed by atoms with van der Waals surface area (Å²) in [6.45, 7) is 0. The molecule has 0 bridgehead atoms. The molecular formula is C52H30N4OS2. The summed E-state index contributed by atoms with van der Waals surface area (Å²) < 4.78 is 11.0. The first-order valence-corrected chi connectivity index (χ1v) is 21.1. The van der Waals surface area contributed by atoms with Gasteiger partial charge in [0, 0.05) is 62.6 Å². The maximum absolute atomic E-state index is 6.11. The second-order valence-corrected chi connectivity index (χ2v) is 16.7. The Bertz CT molecular complexity index is 3550. The van der Waals surface area contributed by atoms with E-state index in [0.29, 0.717) is 23.4 Å². The van der Waals surface area contributed by atoms with Gasteiger partial charge in [0.25, 0.3) is 0 Å². The van der Waals surface area contributed by atoms with Gasteiger partial charge in [0.1, 0.15) is 5.52 Å². The van der Waals surface area contributed by atoms with E-state index in [1.165, 1.54) is 45.9 Å². The third kappa shape index (κ3) is 5.82. The van der Waals surface area contributed by atoms with E-state index in [2.05, 4.69) is 140 Å². The van der Waals surface area contributed by atoms with Crippen molar-refractivity contribution in [2.75, 3.05) is 0 Å². The number of benzene rings is 8. The number of fused-ring (bicyclic) bond motifs is 7. The van der Waals surface area contributed by atoms with Crippen molar-refractivity contribution in [3.63, 3.8) is 0 Å². The average Bonchev–Trinajstić information content (AvgIpc) is 4.03. The normalized spacial score (nSPS) is 11.7. The highest BCUT2D eigenvalue weighted by Crippen LogP contribution is 2.43. The van der Waals surface area contributed by atoms with Crippen molar-refractivity contribution in [1.29, 1.82) is 0 Å². The molecule has 0 fully saturated rings. The summed E-state index contributed by atoms with van der Waals surface area (Å²) in [4.78, 5) is 20.2. The van der Waals surface area contributed by atoms with Crippen molar-refractivity contribution in [3.05, 3.63) is 182 Å². The number of hydrogen-bond donors (Lipinski definition) is 0. The van der Waals surface area contributed by atoms with E-state index in [1.807, 2.05) is 53.8 Å². The minimum Gasteiger partial charge on any atom is -0.436 e. The lowest BCUT2D eigenvalue weighted by atomic mass is 9.98. The molecule has 0 saturated heterocycles. The molecule has 0 aliphatic heterocycles. The monoisotopic (exact) mass is 790 g/mol. The van der Waals surface area contributed by atoms with Gasteiger partial charge in [-0.15, -0.1) is 22.7 Å². The van der Waals surface area contributed by atoms with Crippen LogP contribution in [0.5, 0.6) is 0 Å². The molecule has 0 aliphatic rings. The van der Waals surface area contributed by atoms with E-state index in [9.17, 15) is 0 Å². The summed E-state index contributed by atoms with van der Waals surface area (Å²) in [6.07, 6.45) is 0. The molecule has 0 aliphatic carbocycles. The predicted molar refractivity (Wildman–Crippen MR) is 246 cm³/mol. The first-order chi connectivity index (χ1) is 29.2. The van der Waals surface area contributed by atoms with Crippen LogP contribution in [0.3, 0.4) is 0 Å². The van der Waals surface area contributed by atoms with Crippen LogP contribution in [-0.4, -0.2) is 19.9 Å².